The van der Waals surface area contributed by atoms with Gasteiger partial charge in [-0.3, -0.25) is 0 Å². The first kappa shape index (κ1) is 14.4. The van der Waals surface area contributed by atoms with Crippen LogP contribution in [0.1, 0.15) is 11.1 Å². The minimum Gasteiger partial charge on any atom is -0.405 e. The van der Waals surface area contributed by atoms with Gasteiger partial charge < -0.3 is 10.5 Å². The summed E-state index contributed by atoms with van der Waals surface area (Å²) in [6, 6.07) is 11.6. The van der Waals surface area contributed by atoms with E-state index in [0.29, 0.717) is 17.7 Å². The summed E-state index contributed by atoms with van der Waals surface area (Å²) in [5.74, 6) is -0.211. The lowest BCUT2D eigenvalue weighted by molar-refractivity contribution is -0.274. The Labute approximate surface area is 115 Å². The molecule has 2 rings (SSSR count). The molecule has 0 amide bonds. The number of alkyl halides is 3. The number of hydrogen-bond acceptors (Lipinski definition) is 2. The number of nitrogens with two attached hydrogens (primary N) is 1. The number of aryl methyl sites for hydroxylation is 1. The molecule has 2 N–H and O–H groups in total. The summed E-state index contributed by atoms with van der Waals surface area (Å²) in [5, 5.41) is 0. The average molecular weight is 281 g/mol. The van der Waals surface area contributed by atoms with Gasteiger partial charge in [0.2, 0.25) is 0 Å². The largest absolute Gasteiger partial charge is 0.573 e. The lowest BCUT2D eigenvalue weighted by atomic mass is 9.97. The minimum absolute atomic E-state index is 0.211. The van der Waals surface area contributed by atoms with Crippen LogP contribution in [0, 0.1) is 6.92 Å². The lowest BCUT2D eigenvalue weighted by Gasteiger charge is -2.15. The first-order valence-electron chi connectivity index (χ1n) is 6.05. The fourth-order valence-corrected chi connectivity index (χ4v) is 1.99. The second-order valence-electron chi connectivity index (χ2n) is 4.40. The molecule has 0 bridgehead atoms. The van der Waals surface area contributed by atoms with Gasteiger partial charge in [0.15, 0.2) is 0 Å². The van der Waals surface area contributed by atoms with Crippen molar-refractivity contribution < 1.29 is 17.9 Å². The van der Waals surface area contributed by atoms with Crippen molar-refractivity contribution in [2.45, 2.75) is 19.8 Å². The van der Waals surface area contributed by atoms with Gasteiger partial charge in [-0.05, 0) is 35.7 Å². The summed E-state index contributed by atoms with van der Waals surface area (Å²) in [6.07, 6.45) is -4.71. The zero-order valence-corrected chi connectivity index (χ0v) is 10.9. The van der Waals surface area contributed by atoms with Gasteiger partial charge in [-0.1, -0.05) is 30.3 Å². The van der Waals surface area contributed by atoms with E-state index in [1.165, 1.54) is 12.1 Å². The Balaban J connectivity index is 2.52. The third kappa shape index (κ3) is 3.30. The van der Waals surface area contributed by atoms with Gasteiger partial charge in [0.05, 0.1) is 0 Å². The number of benzene rings is 2. The normalized spacial score (nSPS) is 11.4. The quantitative estimate of drug-likeness (QED) is 0.922. The number of halogens is 3. The lowest BCUT2D eigenvalue weighted by Crippen LogP contribution is -2.17. The molecule has 0 heterocycles. The smallest absolute Gasteiger partial charge is 0.405 e. The fourth-order valence-electron chi connectivity index (χ4n) is 1.99. The van der Waals surface area contributed by atoms with Crippen LogP contribution in [0.25, 0.3) is 11.1 Å². The molecule has 0 aliphatic carbocycles. The third-order valence-electron chi connectivity index (χ3n) is 2.94. The van der Waals surface area contributed by atoms with Crippen molar-refractivity contribution in [3.8, 4) is 16.9 Å². The van der Waals surface area contributed by atoms with E-state index in [2.05, 4.69) is 4.74 Å². The SMILES string of the molecule is Cc1ccc(CN)cc1-c1ccccc1OC(F)(F)F. The molecule has 0 aromatic heterocycles. The number of hydrogen-bond donors (Lipinski definition) is 1. The van der Waals surface area contributed by atoms with E-state index >= 15 is 0 Å². The average Bonchev–Trinajstić information content (AvgIpc) is 2.38. The van der Waals surface area contributed by atoms with Gasteiger partial charge >= 0.3 is 6.36 Å². The highest BCUT2D eigenvalue weighted by atomic mass is 19.4. The number of ether oxygens (including phenoxy) is 1. The minimum atomic E-state index is -4.71. The Morgan fingerprint density at radius 3 is 2.40 bits per heavy atom. The van der Waals surface area contributed by atoms with E-state index < -0.39 is 6.36 Å². The second kappa shape index (κ2) is 5.54. The summed E-state index contributed by atoms with van der Waals surface area (Å²) in [5.41, 5.74) is 8.38. The van der Waals surface area contributed by atoms with Crippen molar-refractivity contribution in [1.82, 2.24) is 0 Å². The zero-order chi connectivity index (χ0) is 14.8. The van der Waals surface area contributed by atoms with Crippen LogP contribution in [0.2, 0.25) is 0 Å². The molecule has 0 fully saturated rings. The Morgan fingerprint density at radius 1 is 1.05 bits per heavy atom. The van der Waals surface area contributed by atoms with Crippen molar-refractivity contribution >= 4 is 0 Å². The van der Waals surface area contributed by atoms with Crippen LogP contribution in [0.15, 0.2) is 42.5 Å². The molecule has 20 heavy (non-hydrogen) atoms. The molecule has 0 aliphatic heterocycles. The highest BCUT2D eigenvalue weighted by molar-refractivity contribution is 5.73. The molecule has 106 valence electrons. The van der Waals surface area contributed by atoms with E-state index in [1.54, 1.807) is 18.2 Å². The third-order valence-corrected chi connectivity index (χ3v) is 2.94. The van der Waals surface area contributed by atoms with Crippen molar-refractivity contribution in [2.24, 2.45) is 5.73 Å². The van der Waals surface area contributed by atoms with Crippen molar-refractivity contribution in [2.75, 3.05) is 0 Å². The summed E-state index contributed by atoms with van der Waals surface area (Å²) < 4.78 is 41.4. The van der Waals surface area contributed by atoms with Crippen LogP contribution in [-0.4, -0.2) is 6.36 Å². The molecular formula is C15H14F3NO. The molecule has 0 unspecified atom stereocenters. The maximum Gasteiger partial charge on any atom is 0.573 e. The standard InChI is InChI=1S/C15H14F3NO/c1-10-6-7-11(9-19)8-13(10)12-4-2-3-5-14(12)20-15(16,17)18/h2-8H,9,19H2,1H3. The number of rotatable bonds is 3. The van der Waals surface area contributed by atoms with Crippen LogP contribution >= 0.6 is 0 Å². The van der Waals surface area contributed by atoms with Gasteiger partial charge in [-0.15, -0.1) is 13.2 Å². The molecule has 0 spiro atoms. The maximum atomic E-state index is 12.4. The predicted molar refractivity (Wildman–Crippen MR) is 71.2 cm³/mol. The fraction of sp³-hybridized carbons (Fsp3) is 0.200. The summed E-state index contributed by atoms with van der Waals surface area (Å²) in [7, 11) is 0. The zero-order valence-electron chi connectivity index (χ0n) is 10.9. The van der Waals surface area contributed by atoms with Crippen LogP contribution in [0.5, 0.6) is 5.75 Å². The first-order valence-corrected chi connectivity index (χ1v) is 6.05. The first-order chi connectivity index (χ1) is 9.40. The van der Waals surface area contributed by atoms with E-state index in [9.17, 15) is 13.2 Å². The summed E-state index contributed by atoms with van der Waals surface area (Å²) in [6.45, 7) is 2.16. The molecule has 0 aliphatic rings. The van der Waals surface area contributed by atoms with E-state index in [1.807, 2.05) is 19.1 Å². The molecule has 2 aromatic rings. The Bertz CT molecular complexity index is 608. The van der Waals surface area contributed by atoms with Crippen LogP contribution in [0.4, 0.5) is 13.2 Å². The summed E-state index contributed by atoms with van der Waals surface area (Å²) >= 11 is 0. The van der Waals surface area contributed by atoms with Gasteiger partial charge in [-0.25, -0.2) is 0 Å². The van der Waals surface area contributed by atoms with Gasteiger partial charge in [0.25, 0.3) is 0 Å². The topological polar surface area (TPSA) is 35.2 Å². The highest BCUT2D eigenvalue weighted by Crippen LogP contribution is 2.35. The Kier molecular flexibility index (Phi) is 3.99. The van der Waals surface area contributed by atoms with Crippen molar-refractivity contribution in [3.05, 3.63) is 53.6 Å². The van der Waals surface area contributed by atoms with Gasteiger partial charge in [-0.2, -0.15) is 0 Å². The van der Waals surface area contributed by atoms with Crippen molar-refractivity contribution in [3.63, 3.8) is 0 Å². The molecular weight excluding hydrogens is 267 g/mol. The highest BCUT2D eigenvalue weighted by Gasteiger charge is 2.32. The molecule has 0 radical (unpaired) electrons. The van der Waals surface area contributed by atoms with Gasteiger partial charge in [0.1, 0.15) is 5.75 Å². The molecule has 2 nitrogen and oxygen atoms in total. The second-order valence-corrected chi connectivity index (χ2v) is 4.40. The van der Waals surface area contributed by atoms with E-state index in [-0.39, 0.29) is 5.75 Å². The van der Waals surface area contributed by atoms with Crippen LogP contribution in [-0.2, 0) is 6.54 Å². The monoisotopic (exact) mass is 281 g/mol. The van der Waals surface area contributed by atoms with E-state index in [4.69, 9.17) is 5.73 Å². The Morgan fingerprint density at radius 2 is 1.75 bits per heavy atom. The molecule has 5 heteroatoms. The Hall–Kier alpha value is -2.01. The van der Waals surface area contributed by atoms with Crippen molar-refractivity contribution in [1.29, 1.82) is 0 Å². The van der Waals surface area contributed by atoms with E-state index in [0.717, 1.165) is 11.1 Å². The van der Waals surface area contributed by atoms with Gasteiger partial charge in [0, 0.05) is 12.1 Å². The van der Waals surface area contributed by atoms with Crippen LogP contribution < -0.4 is 10.5 Å². The summed E-state index contributed by atoms with van der Waals surface area (Å²) in [4.78, 5) is 0. The molecule has 0 saturated carbocycles. The maximum absolute atomic E-state index is 12.4. The van der Waals surface area contributed by atoms with Crippen LogP contribution in [0.3, 0.4) is 0 Å². The predicted octanol–water partition coefficient (Wildman–Crippen LogP) is 4.02. The molecule has 0 saturated heterocycles. The molecule has 0 atom stereocenters. The molecule has 2 aromatic carbocycles. The number of para-hydroxylation sites is 1.